The summed E-state index contributed by atoms with van der Waals surface area (Å²) in [6.07, 6.45) is 0. The normalized spacial score (nSPS) is 10.9. The maximum absolute atomic E-state index is 13.5. The summed E-state index contributed by atoms with van der Waals surface area (Å²) in [5, 5.41) is 5.48. The van der Waals surface area contributed by atoms with Gasteiger partial charge in [0, 0.05) is 34.9 Å². The van der Waals surface area contributed by atoms with Gasteiger partial charge < -0.3 is 41.0 Å². The lowest BCUT2D eigenvalue weighted by Gasteiger charge is -2.15. The Morgan fingerprint density at radius 1 is 0.527 bits per heavy atom. The first-order valence-electron chi connectivity index (χ1n) is 16.9. The zero-order chi connectivity index (χ0) is 39.0. The smallest absolute Gasteiger partial charge is 0.257 e. The molecular weight excluding hydrogens is 721 g/mol. The van der Waals surface area contributed by atoms with Crippen LogP contribution in [-0.4, -0.2) is 34.5 Å². The van der Waals surface area contributed by atoms with Crippen LogP contribution in [0, 0.1) is 0 Å². The molecule has 0 heterocycles. The minimum Gasteiger partial charge on any atom is -0.493 e. The molecule has 6 aromatic carbocycles. The number of rotatable bonds is 14. The van der Waals surface area contributed by atoms with Gasteiger partial charge in [0.2, 0.25) is 9.84 Å². The van der Waals surface area contributed by atoms with E-state index < -0.39 is 21.7 Å². The van der Waals surface area contributed by atoms with Crippen molar-refractivity contribution in [1.29, 1.82) is 0 Å². The van der Waals surface area contributed by atoms with Gasteiger partial charge in [-0.05, 0) is 71.8 Å². The molecule has 13 heteroatoms. The van der Waals surface area contributed by atoms with Gasteiger partial charge >= 0.3 is 0 Å². The Bertz CT molecular complexity index is 2240. The van der Waals surface area contributed by atoms with Gasteiger partial charge in [0.15, 0.2) is 23.0 Å². The Balaban J connectivity index is 1.08. The third-order valence-corrected chi connectivity index (χ3v) is 10.3. The Kier molecular flexibility index (Phi) is 11.5. The number of carbonyl (C=O) groups excluding carboxylic acids is 2. The van der Waals surface area contributed by atoms with Gasteiger partial charge in [0.1, 0.15) is 13.2 Å². The monoisotopic (exact) mass is 758 g/mol. The number of anilines is 4. The van der Waals surface area contributed by atoms with E-state index in [4.69, 9.17) is 30.4 Å². The first kappa shape index (κ1) is 37.8. The fourth-order valence-corrected chi connectivity index (χ4v) is 6.79. The summed E-state index contributed by atoms with van der Waals surface area (Å²) in [4.78, 5) is 26.4. The molecule has 6 rings (SSSR count). The molecule has 0 spiro atoms. The van der Waals surface area contributed by atoms with Crippen LogP contribution in [0.25, 0.3) is 0 Å². The average molecular weight is 759 g/mol. The van der Waals surface area contributed by atoms with E-state index >= 15 is 0 Å². The van der Waals surface area contributed by atoms with Crippen LogP contribution in [-0.2, 0) is 23.1 Å². The second-order valence-corrected chi connectivity index (χ2v) is 14.1. The van der Waals surface area contributed by atoms with E-state index in [0.29, 0.717) is 34.4 Å². The number of benzene rings is 6. The second kappa shape index (κ2) is 16.8. The predicted molar refractivity (Wildman–Crippen MR) is 211 cm³/mol. The third-order valence-electron chi connectivity index (χ3n) is 8.48. The molecule has 0 radical (unpaired) electrons. The van der Waals surface area contributed by atoms with Crippen LogP contribution in [0.4, 0.5) is 22.7 Å². The zero-order valence-electron chi connectivity index (χ0n) is 29.9. The summed E-state index contributed by atoms with van der Waals surface area (Å²) in [6.45, 7) is 0.567. The molecule has 6 N–H and O–H groups in total. The molecule has 0 aliphatic heterocycles. The number of methoxy groups -OCH3 is 2. The molecule has 55 heavy (non-hydrogen) atoms. The van der Waals surface area contributed by atoms with Crippen LogP contribution in [0.15, 0.2) is 143 Å². The van der Waals surface area contributed by atoms with Crippen LogP contribution in [0.3, 0.4) is 0 Å². The Morgan fingerprint density at radius 2 is 0.891 bits per heavy atom. The molecule has 280 valence electrons. The zero-order valence-corrected chi connectivity index (χ0v) is 30.8. The number of sulfone groups is 1. The Labute approximate surface area is 318 Å². The summed E-state index contributed by atoms with van der Waals surface area (Å²) >= 11 is 0. The molecule has 0 aromatic heterocycles. The van der Waals surface area contributed by atoms with Crippen molar-refractivity contribution in [1.82, 2.24) is 0 Å². The minimum atomic E-state index is -3.95. The van der Waals surface area contributed by atoms with Gasteiger partial charge in [-0.25, -0.2) is 8.42 Å². The van der Waals surface area contributed by atoms with Gasteiger partial charge in [-0.1, -0.05) is 60.7 Å². The predicted octanol–water partition coefficient (Wildman–Crippen LogP) is 7.36. The van der Waals surface area contributed by atoms with Gasteiger partial charge in [-0.2, -0.15) is 0 Å². The third kappa shape index (κ3) is 8.98. The van der Waals surface area contributed by atoms with E-state index in [-0.39, 0.29) is 45.5 Å². The number of hydrogen-bond donors (Lipinski definition) is 4. The molecule has 0 atom stereocenters. The molecule has 0 saturated carbocycles. The number of nitrogens with one attached hydrogen (secondary N) is 2. The molecule has 0 unspecified atom stereocenters. The van der Waals surface area contributed by atoms with Crippen molar-refractivity contribution >= 4 is 44.4 Å². The first-order chi connectivity index (χ1) is 26.5. The van der Waals surface area contributed by atoms with Gasteiger partial charge in [-0.15, -0.1) is 0 Å². The molecule has 0 aliphatic carbocycles. The SMILES string of the molecule is COc1cc(C(=O)Nc2ccc(S(=O)(=O)c3ccc(NC(=O)c4cc(OC)c(OCc5ccccc5)cc4N)cc3)cc2)c(N)cc1OCc1ccccc1. The van der Waals surface area contributed by atoms with Crippen LogP contribution in [0.5, 0.6) is 23.0 Å². The lowest BCUT2D eigenvalue weighted by Crippen LogP contribution is -2.15. The van der Waals surface area contributed by atoms with Crippen molar-refractivity contribution in [3.63, 3.8) is 0 Å². The van der Waals surface area contributed by atoms with Crippen molar-refractivity contribution < 1.29 is 37.0 Å². The maximum atomic E-state index is 13.5. The molecule has 2 amide bonds. The Morgan fingerprint density at radius 3 is 1.24 bits per heavy atom. The lowest BCUT2D eigenvalue weighted by molar-refractivity contribution is 0.101. The number of nitrogen functional groups attached to an aromatic ring is 2. The topological polar surface area (TPSA) is 181 Å². The number of amides is 2. The number of hydrogen-bond acceptors (Lipinski definition) is 10. The molecule has 0 aliphatic rings. The van der Waals surface area contributed by atoms with Gasteiger partial charge in [0.25, 0.3) is 11.8 Å². The largest absolute Gasteiger partial charge is 0.493 e. The highest BCUT2D eigenvalue weighted by Crippen LogP contribution is 2.35. The van der Waals surface area contributed by atoms with Crippen LogP contribution in [0.1, 0.15) is 31.8 Å². The standard InChI is InChI=1S/C42H38N4O8S/c1-51-37-21-33(35(43)23-39(37)53-25-27-9-5-3-6-10-27)41(47)45-29-13-17-31(18-14-29)55(49,50)32-19-15-30(16-20-32)46-42(48)34-22-38(52-2)40(24-36(34)44)54-26-28-11-7-4-8-12-28/h3-24H,25-26,43-44H2,1-2H3,(H,45,47)(H,46,48). The number of nitrogens with two attached hydrogens (primary N) is 2. The van der Waals surface area contributed by atoms with Crippen molar-refractivity contribution in [2.24, 2.45) is 0 Å². The minimum absolute atomic E-state index is 0.00201. The summed E-state index contributed by atoms with van der Waals surface area (Å²) in [6, 6.07) is 36.6. The highest BCUT2D eigenvalue weighted by atomic mass is 32.2. The highest BCUT2D eigenvalue weighted by Gasteiger charge is 2.21. The van der Waals surface area contributed by atoms with Crippen LogP contribution >= 0.6 is 0 Å². The van der Waals surface area contributed by atoms with Crippen molar-refractivity contribution in [2.75, 3.05) is 36.3 Å². The van der Waals surface area contributed by atoms with E-state index in [1.54, 1.807) is 0 Å². The highest BCUT2D eigenvalue weighted by molar-refractivity contribution is 7.91. The van der Waals surface area contributed by atoms with E-state index in [9.17, 15) is 18.0 Å². The lowest BCUT2D eigenvalue weighted by atomic mass is 10.1. The summed E-state index contributed by atoms with van der Waals surface area (Å²) in [5.41, 5.74) is 15.7. The number of carbonyl (C=O) groups is 2. The van der Waals surface area contributed by atoms with E-state index in [0.717, 1.165) is 11.1 Å². The summed E-state index contributed by atoms with van der Waals surface area (Å²) in [7, 11) is -1.03. The number of ether oxygens (including phenoxy) is 4. The summed E-state index contributed by atoms with van der Waals surface area (Å²) < 4.78 is 49.6. The van der Waals surface area contributed by atoms with Crippen molar-refractivity contribution in [3.8, 4) is 23.0 Å². The molecular formula is C42H38N4O8S. The average Bonchev–Trinajstić information content (AvgIpc) is 3.20. The second-order valence-electron chi connectivity index (χ2n) is 12.2. The fraction of sp³-hybridized carbons (Fsp3) is 0.0952. The molecule has 0 saturated heterocycles. The van der Waals surface area contributed by atoms with E-state index in [1.165, 1.54) is 87.0 Å². The summed E-state index contributed by atoms with van der Waals surface area (Å²) in [5.74, 6) is 0.367. The molecule has 0 bridgehead atoms. The maximum Gasteiger partial charge on any atom is 0.257 e. The first-order valence-corrected chi connectivity index (χ1v) is 18.4. The van der Waals surface area contributed by atoms with Gasteiger partial charge in [-0.3, -0.25) is 9.59 Å². The van der Waals surface area contributed by atoms with Crippen LogP contribution < -0.4 is 41.0 Å². The molecule has 6 aromatic rings. The van der Waals surface area contributed by atoms with Crippen molar-refractivity contribution in [3.05, 3.63) is 156 Å². The molecule has 12 nitrogen and oxygen atoms in total. The van der Waals surface area contributed by atoms with E-state index in [2.05, 4.69) is 10.6 Å². The van der Waals surface area contributed by atoms with Crippen molar-refractivity contribution in [2.45, 2.75) is 23.0 Å². The Hall–Kier alpha value is -6.99. The van der Waals surface area contributed by atoms with Crippen LogP contribution in [0.2, 0.25) is 0 Å². The molecule has 0 fully saturated rings. The fourth-order valence-electron chi connectivity index (χ4n) is 5.53. The quantitative estimate of drug-likeness (QED) is 0.0820. The van der Waals surface area contributed by atoms with Gasteiger partial charge in [0.05, 0.1) is 35.1 Å². The van der Waals surface area contributed by atoms with E-state index in [1.807, 2.05) is 60.7 Å².